The minimum Gasteiger partial charge on any atom is -0.571 e. The van der Waals surface area contributed by atoms with Gasteiger partial charge in [-0.15, -0.1) is 4.68 Å². The second-order valence-electron chi connectivity index (χ2n) is 8.09. The van der Waals surface area contributed by atoms with Crippen LogP contribution in [-0.4, -0.2) is 71.1 Å². The lowest BCUT2D eigenvalue weighted by Crippen LogP contribution is -2.47. The van der Waals surface area contributed by atoms with Crippen molar-refractivity contribution in [1.82, 2.24) is 19.7 Å². The summed E-state index contributed by atoms with van der Waals surface area (Å²) in [7, 11) is 1.68. The molecule has 2 aromatic heterocycles. The molecule has 1 saturated heterocycles. The molecule has 0 amide bonds. The highest BCUT2D eigenvalue weighted by molar-refractivity contribution is 6.26. The molecule has 5 rings (SSSR count). The van der Waals surface area contributed by atoms with E-state index in [9.17, 15) is 14.8 Å². The summed E-state index contributed by atoms with van der Waals surface area (Å²) in [4.78, 5) is 34.7. The van der Waals surface area contributed by atoms with Crippen molar-refractivity contribution in [3.63, 3.8) is 0 Å². The summed E-state index contributed by atoms with van der Waals surface area (Å²) in [6.07, 6.45) is 2.11. The number of ether oxygens (including phenoxy) is 1. The van der Waals surface area contributed by atoms with Gasteiger partial charge in [-0.25, -0.2) is 0 Å². The van der Waals surface area contributed by atoms with Gasteiger partial charge in [0.25, 0.3) is 0 Å². The number of carbonyl (C=O) groups excluding carboxylic acids is 2. The van der Waals surface area contributed by atoms with Crippen LogP contribution in [0, 0.1) is 5.21 Å². The Morgan fingerprint density at radius 1 is 1.00 bits per heavy atom. The first-order valence-electron chi connectivity index (χ1n) is 10.9. The van der Waals surface area contributed by atoms with Crippen LogP contribution in [0.4, 0.5) is 5.69 Å². The highest BCUT2D eigenvalue weighted by Crippen LogP contribution is 2.28. The molecule has 170 valence electrons. The lowest BCUT2D eigenvalue weighted by atomic mass is 9.94. The van der Waals surface area contributed by atoms with E-state index in [4.69, 9.17) is 4.74 Å². The van der Waals surface area contributed by atoms with Crippen LogP contribution in [-0.2, 0) is 6.54 Å². The average molecular weight is 448 g/mol. The standard InChI is InChI=1S/C23H24N6O4/c1-33-18-8-3-2-7-17(18)27-14-12-26(13-15-27)10-5-11-28-21-20(25-29(28)32)22(30)16-6-4-9-24-19(16)23(21)31/h2-4,6-9H,5,10-15H2,1H3. The van der Waals surface area contributed by atoms with Crippen molar-refractivity contribution in [2.45, 2.75) is 13.0 Å². The average Bonchev–Trinajstić information content (AvgIpc) is 3.19. The number of fused-ring (bicyclic) bond motifs is 2. The zero-order chi connectivity index (χ0) is 22.9. The molecule has 0 saturated carbocycles. The maximum absolute atomic E-state index is 12.9. The van der Waals surface area contributed by atoms with Gasteiger partial charge in [0.1, 0.15) is 11.4 Å². The van der Waals surface area contributed by atoms with E-state index in [0.717, 1.165) is 44.2 Å². The predicted molar refractivity (Wildman–Crippen MR) is 119 cm³/mol. The van der Waals surface area contributed by atoms with Crippen LogP contribution >= 0.6 is 0 Å². The molecular formula is C23H24N6O4. The second kappa shape index (κ2) is 8.62. The summed E-state index contributed by atoms with van der Waals surface area (Å²) in [5.41, 5.74) is 1.29. The van der Waals surface area contributed by atoms with Crippen LogP contribution in [0.5, 0.6) is 5.75 Å². The fourth-order valence-corrected chi connectivity index (χ4v) is 4.53. The maximum atomic E-state index is 12.9. The van der Waals surface area contributed by atoms with Crippen molar-refractivity contribution in [2.24, 2.45) is 0 Å². The number of benzene rings is 1. The SMILES string of the molecule is COc1ccccc1N1CCN(CCCn2c3c(n[n+]2[O-])C(=O)c2cccnc2C3=O)CC1. The maximum Gasteiger partial charge on any atom is 0.236 e. The summed E-state index contributed by atoms with van der Waals surface area (Å²) in [5, 5.41) is 16.2. The largest absolute Gasteiger partial charge is 0.571 e. The first kappa shape index (κ1) is 21.1. The van der Waals surface area contributed by atoms with E-state index >= 15 is 0 Å². The third-order valence-corrected chi connectivity index (χ3v) is 6.21. The van der Waals surface area contributed by atoms with Gasteiger partial charge in [0.15, 0.2) is 5.69 Å². The van der Waals surface area contributed by atoms with E-state index in [2.05, 4.69) is 25.9 Å². The van der Waals surface area contributed by atoms with Gasteiger partial charge >= 0.3 is 0 Å². The van der Waals surface area contributed by atoms with Crippen molar-refractivity contribution < 1.29 is 19.3 Å². The number of anilines is 1. The first-order valence-corrected chi connectivity index (χ1v) is 10.9. The number of ketones is 2. The molecule has 0 bridgehead atoms. The zero-order valence-corrected chi connectivity index (χ0v) is 18.3. The molecule has 0 spiro atoms. The zero-order valence-electron chi connectivity index (χ0n) is 18.3. The van der Waals surface area contributed by atoms with Gasteiger partial charge in [0, 0.05) is 49.0 Å². The molecule has 33 heavy (non-hydrogen) atoms. The van der Waals surface area contributed by atoms with Crippen molar-refractivity contribution in [1.29, 1.82) is 0 Å². The number of hydrogen-bond donors (Lipinski definition) is 0. The Hall–Kier alpha value is -3.79. The molecule has 1 aliphatic heterocycles. The number of aromatic nitrogens is 4. The molecule has 0 atom stereocenters. The molecule has 0 N–H and O–H groups in total. The summed E-state index contributed by atoms with van der Waals surface area (Å²) >= 11 is 0. The van der Waals surface area contributed by atoms with Crippen molar-refractivity contribution in [3.8, 4) is 5.75 Å². The molecule has 0 unspecified atom stereocenters. The Balaban J connectivity index is 1.22. The fraction of sp³-hybridized carbons (Fsp3) is 0.348. The number of para-hydroxylation sites is 2. The van der Waals surface area contributed by atoms with Gasteiger partial charge in [-0.05, 0) is 30.7 Å². The second-order valence-corrected chi connectivity index (χ2v) is 8.09. The van der Waals surface area contributed by atoms with Crippen LogP contribution < -0.4 is 14.6 Å². The summed E-state index contributed by atoms with van der Waals surface area (Å²) in [6.45, 7) is 4.57. The monoisotopic (exact) mass is 448 g/mol. The molecule has 10 nitrogen and oxygen atoms in total. The number of rotatable bonds is 6. The number of pyridine rings is 1. The predicted octanol–water partition coefficient (Wildman–Crippen LogP) is 0.908. The lowest BCUT2D eigenvalue weighted by molar-refractivity contribution is -0.749. The molecular weight excluding hydrogens is 424 g/mol. The Morgan fingerprint density at radius 2 is 1.79 bits per heavy atom. The van der Waals surface area contributed by atoms with E-state index in [1.165, 1.54) is 16.9 Å². The van der Waals surface area contributed by atoms with E-state index in [-0.39, 0.29) is 22.6 Å². The van der Waals surface area contributed by atoms with E-state index < -0.39 is 11.6 Å². The molecule has 10 heteroatoms. The Kier molecular flexibility index (Phi) is 5.51. The number of carbonyl (C=O) groups is 2. The molecule has 0 radical (unpaired) electrons. The first-order chi connectivity index (χ1) is 16.1. The molecule has 1 aliphatic carbocycles. The number of nitrogens with zero attached hydrogens (tertiary/aromatic N) is 6. The van der Waals surface area contributed by atoms with Gasteiger partial charge in [-0.1, -0.05) is 12.1 Å². The quantitative estimate of drug-likeness (QED) is 0.316. The summed E-state index contributed by atoms with van der Waals surface area (Å²) in [5.74, 6) is -0.0117. The number of piperazine rings is 1. The normalized spacial score (nSPS) is 16.0. The van der Waals surface area contributed by atoms with Crippen LogP contribution in [0.1, 0.15) is 38.7 Å². The lowest BCUT2D eigenvalue weighted by Gasteiger charge is -2.36. The topological polar surface area (TPSA) is 108 Å². The third-order valence-electron chi connectivity index (χ3n) is 6.21. The smallest absolute Gasteiger partial charge is 0.236 e. The Bertz CT molecular complexity index is 1220. The Morgan fingerprint density at radius 3 is 2.58 bits per heavy atom. The third kappa shape index (κ3) is 3.72. The minimum atomic E-state index is -0.441. The highest BCUT2D eigenvalue weighted by Gasteiger charge is 2.40. The van der Waals surface area contributed by atoms with Gasteiger partial charge in [-0.2, -0.15) is 0 Å². The molecule has 1 aromatic carbocycles. The summed E-state index contributed by atoms with van der Waals surface area (Å²) < 4.78 is 6.72. The van der Waals surface area contributed by atoms with Crippen molar-refractivity contribution in [3.05, 3.63) is 70.4 Å². The fourth-order valence-electron chi connectivity index (χ4n) is 4.53. The van der Waals surface area contributed by atoms with Crippen LogP contribution in [0.25, 0.3) is 0 Å². The molecule has 1 fully saturated rings. The molecule has 2 aliphatic rings. The highest BCUT2D eigenvalue weighted by atomic mass is 16.5. The van der Waals surface area contributed by atoms with E-state index in [1.54, 1.807) is 13.2 Å². The van der Waals surface area contributed by atoms with Crippen LogP contribution in [0.15, 0.2) is 42.6 Å². The van der Waals surface area contributed by atoms with Gasteiger partial charge in [0.05, 0.1) is 24.9 Å². The minimum absolute atomic E-state index is 0.0298. The number of methoxy groups -OCH3 is 1. The van der Waals surface area contributed by atoms with Gasteiger partial charge in [-0.3, -0.25) is 19.5 Å². The van der Waals surface area contributed by atoms with Crippen molar-refractivity contribution in [2.75, 3.05) is 44.7 Å². The number of hydrogen-bond acceptors (Lipinski definition) is 8. The van der Waals surface area contributed by atoms with Gasteiger partial charge < -0.3 is 14.8 Å². The Labute approximate surface area is 190 Å². The van der Waals surface area contributed by atoms with E-state index in [1.807, 2.05) is 18.2 Å². The van der Waals surface area contributed by atoms with Crippen molar-refractivity contribution >= 4 is 17.3 Å². The van der Waals surface area contributed by atoms with E-state index in [0.29, 0.717) is 17.9 Å². The molecule has 3 heterocycles. The van der Waals surface area contributed by atoms with Gasteiger partial charge in [0.2, 0.25) is 17.3 Å². The summed E-state index contributed by atoms with van der Waals surface area (Å²) in [6, 6.07) is 11.1. The van der Waals surface area contributed by atoms with Crippen LogP contribution in [0.2, 0.25) is 0 Å². The molecule has 3 aromatic rings. The van der Waals surface area contributed by atoms with Crippen LogP contribution in [0.3, 0.4) is 0 Å².